The van der Waals surface area contributed by atoms with Crippen LogP contribution in [0.1, 0.15) is 72.6 Å². The molecule has 0 aromatic rings. The molecule has 1 fully saturated rings. The Balaban J connectivity index is 2.14. The fourth-order valence-electron chi connectivity index (χ4n) is 6.07. The highest BCUT2D eigenvalue weighted by molar-refractivity contribution is 5.82. The molecule has 47 heavy (non-hydrogen) atoms. The molecule has 2 aliphatic rings. The van der Waals surface area contributed by atoms with E-state index in [0.717, 1.165) is 0 Å². The smallest absolute Gasteiger partial charge is 0.331 e. The van der Waals surface area contributed by atoms with Crippen LogP contribution in [0.2, 0.25) is 0 Å². The minimum Gasteiger partial charge on any atom is -0.458 e. The third-order valence-corrected chi connectivity index (χ3v) is 8.74. The second kappa shape index (κ2) is 21.0. The predicted molar refractivity (Wildman–Crippen MR) is 178 cm³/mol. The number of aliphatic hydroxyl groups excluding tert-OH is 8. The van der Waals surface area contributed by atoms with Crippen molar-refractivity contribution in [1.82, 2.24) is 0 Å². The van der Waals surface area contributed by atoms with Crippen LogP contribution >= 0.6 is 0 Å². The van der Waals surface area contributed by atoms with Crippen LogP contribution in [0.25, 0.3) is 0 Å². The van der Waals surface area contributed by atoms with E-state index in [4.69, 9.17) is 9.47 Å². The highest BCUT2D eigenvalue weighted by Gasteiger charge is 2.38. The SMILES string of the molecule is CC(C)C1OC(=O)C=CC=CC=CC=CC2OC(CC2O)C(C)C(O)CC(O)CC(O)CC(O)CC(O)CC(O)CC(O)C=CC1C. The Bertz CT molecular complexity index is 1050. The molecule has 0 aromatic heterocycles. The Kier molecular flexibility index (Phi) is 18.3. The summed E-state index contributed by atoms with van der Waals surface area (Å²) in [5.74, 6) is -1.16. The largest absolute Gasteiger partial charge is 0.458 e. The van der Waals surface area contributed by atoms with Gasteiger partial charge in [0.15, 0.2) is 0 Å². The summed E-state index contributed by atoms with van der Waals surface area (Å²) in [6, 6.07) is 0. The summed E-state index contributed by atoms with van der Waals surface area (Å²) in [7, 11) is 0. The number of carbonyl (C=O) groups excluding carboxylic acids is 1. The first-order chi connectivity index (χ1) is 22.2. The lowest BCUT2D eigenvalue weighted by atomic mass is 9.90. The van der Waals surface area contributed by atoms with Crippen LogP contribution in [-0.4, -0.2) is 114 Å². The average molecular weight is 667 g/mol. The highest BCUT2D eigenvalue weighted by Crippen LogP contribution is 2.30. The summed E-state index contributed by atoms with van der Waals surface area (Å²) in [5, 5.41) is 83.8. The van der Waals surface area contributed by atoms with Crippen molar-refractivity contribution in [2.24, 2.45) is 17.8 Å². The molecule has 0 saturated carbocycles. The van der Waals surface area contributed by atoms with Gasteiger partial charge in [-0.05, 0) is 38.0 Å². The van der Waals surface area contributed by atoms with Crippen molar-refractivity contribution < 1.29 is 55.1 Å². The van der Waals surface area contributed by atoms with E-state index in [1.807, 2.05) is 20.8 Å². The molecule has 11 heteroatoms. The van der Waals surface area contributed by atoms with Gasteiger partial charge in [0.2, 0.25) is 0 Å². The van der Waals surface area contributed by atoms with Gasteiger partial charge in [0, 0.05) is 30.8 Å². The topological polar surface area (TPSA) is 197 Å². The number of ether oxygens (including phenoxy) is 2. The number of carbonyl (C=O) groups is 1. The van der Waals surface area contributed by atoms with Gasteiger partial charge in [0.05, 0.1) is 54.9 Å². The predicted octanol–water partition coefficient (Wildman–Crippen LogP) is 2.01. The zero-order valence-corrected chi connectivity index (χ0v) is 28.1. The number of rotatable bonds is 1. The summed E-state index contributed by atoms with van der Waals surface area (Å²) >= 11 is 0. The normalized spacial score (nSPS) is 39.9. The molecule has 13 unspecified atom stereocenters. The van der Waals surface area contributed by atoms with Gasteiger partial charge in [0.25, 0.3) is 0 Å². The first kappa shape index (κ1) is 41.0. The van der Waals surface area contributed by atoms with Crippen LogP contribution in [0.15, 0.2) is 60.8 Å². The molecular formula is C36H58O11. The molecule has 2 bridgehead atoms. The van der Waals surface area contributed by atoms with E-state index in [2.05, 4.69) is 0 Å². The molecule has 2 heterocycles. The van der Waals surface area contributed by atoms with Crippen LogP contribution < -0.4 is 0 Å². The monoisotopic (exact) mass is 666 g/mol. The highest BCUT2D eigenvalue weighted by atomic mass is 16.5. The van der Waals surface area contributed by atoms with Crippen LogP contribution in [0, 0.1) is 17.8 Å². The van der Waals surface area contributed by atoms with Gasteiger partial charge >= 0.3 is 5.97 Å². The number of aliphatic hydroxyl groups is 8. The van der Waals surface area contributed by atoms with Gasteiger partial charge in [-0.3, -0.25) is 0 Å². The maximum absolute atomic E-state index is 12.5. The summed E-state index contributed by atoms with van der Waals surface area (Å²) < 4.78 is 11.6. The van der Waals surface area contributed by atoms with E-state index < -0.39 is 79.0 Å². The first-order valence-electron chi connectivity index (χ1n) is 16.8. The van der Waals surface area contributed by atoms with Crippen molar-refractivity contribution in [1.29, 1.82) is 0 Å². The molecule has 0 aromatic carbocycles. The van der Waals surface area contributed by atoms with E-state index >= 15 is 0 Å². The van der Waals surface area contributed by atoms with Gasteiger partial charge in [0.1, 0.15) is 12.2 Å². The number of fused-ring (bicyclic) bond motifs is 2. The molecule has 268 valence electrons. The van der Waals surface area contributed by atoms with E-state index in [-0.39, 0.29) is 50.4 Å². The number of esters is 1. The molecule has 1 saturated heterocycles. The Hall–Kier alpha value is -2.19. The first-order valence-corrected chi connectivity index (χ1v) is 16.8. The summed E-state index contributed by atoms with van der Waals surface area (Å²) in [4.78, 5) is 12.5. The van der Waals surface area contributed by atoms with Gasteiger partial charge < -0.3 is 50.3 Å². The third kappa shape index (κ3) is 15.7. The second-order valence-corrected chi connectivity index (χ2v) is 13.5. The lowest BCUT2D eigenvalue weighted by Crippen LogP contribution is -2.34. The Morgan fingerprint density at radius 3 is 1.70 bits per heavy atom. The molecule has 8 N–H and O–H groups in total. The van der Waals surface area contributed by atoms with Gasteiger partial charge in [-0.2, -0.15) is 0 Å². The Morgan fingerprint density at radius 1 is 0.617 bits per heavy atom. The lowest BCUT2D eigenvalue weighted by Gasteiger charge is -2.27. The fraction of sp³-hybridized carbons (Fsp3) is 0.694. The number of cyclic esters (lactones) is 1. The van der Waals surface area contributed by atoms with E-state index in [1.54, 1.807) is 55.5 Å². The van der Waals surface area contributed by atoms with Crippen molar-refractivity contribution in [3.05, 3.63) is 60.8 Å². The number of hydrogen-bond acceptors (Lipinski definition) is 11. The maximum atomic E-state index is 12.5. The van der Waals surface area contributed by atoms with Crippen molar-refractivity contribution in [3.63, 3.8) is 0 Å². The molecule has 11 nitrogen and oxygen atoms in total. The molecule has 0 aliphatic carbocycles. The molecule has 0 amide bonds. The summed E-state index contributed by atoms with van der Waals surface area (Å²) in [6.07, 6.45) is 6.66. The zero-order chi connectivity index (χ0) is 35.1. The van der Waals surface area contributed by atoms with Gasteiger partial charge in [-0.25, -0.2) is 4.79 Å². The molecule has 0 radical (unpaired) electrons. The number of allylic oxidation sites excluding steroid dienone is 6. The molecule has 13 atom stereocenters. The Labute approximate surface area is 279 Å². The number of hydrogen-bond donors (Lipinski definition) is 8. The standard InChI is InChI=1S/C36H58O11/c1-22(2)36-23(3)13-14-25(37)15-26(38)16-27(39)17-28(40)18-29(41)19-30(42)20-31(43)24(4)34-21-32(44)33(46-34)11-9-7-5-6-8-10-12-35(45)47-36/h5-14,22-34,36-44H,15-21H2,1-4H3. The van der Waals surface area contributed by atoms with Crippen LogP contribution in [0.4, 0.5) is 0 Å². The quantitative estimate of drug-likeness (QED) is 0.151. The Morgan fingerprint density at radius 2 is 1.13 bits per heavy atom. The molecular weight excluding hydrogens is 608 g/mol. The van der Waals surface area contributed by atoms with Crippen molar-refractivity contribution in [2.45, 2.75) is 140 Å². The van der Waals surface area contributed by atoms with E-state index in [0.29, 0.717) is 6.42 Å². The lowest BCUT2D eigenvalue weighted by molar-refractivity contribution is -0.147. The molecule has 2 aliphatic heterocycles. The van der Waals surface area contributed by atoms with E-state index in [9.17, 15) is 45.6 Å². The fourth-order valence-corrected chi connectivity index (χ4v) is 6.07. The van der Waals surface area contributed by atoms with Gasteiger partial charge in [-0.1, -0.05) is 82.4 Å². The summed E-state index contributed by atoms with van der Waals surface area (Å²) in [5.41, 5.74) is 0. The van der Waals surface area contributed by atoms with Crippen LogP contribution in [-0.2, 0) is 14.3 Å². The molecule has 0 spiro atoms. The van der Waals surface area contributed by atoms with Crippen molar-refractivity contribution in [3.8, 4) is 0 Å². The zero-order valence-electron chi connectivity index (χ0n) is 28.1. The minimum atomic E-state index is -1.10. The second-order valence-electron chi connectivity index (χ2n) is 13.5. The summed E-state index contributed by atoms with van der Waals surface area (Å²) in [6.45, 7) is 7.48. The maximum Gasteiger partial charge on any atom is 0.331 e. The van der Waals surface area contributed by atoms with Crippen LogP contribution in [0.5, 0.6) is 0 Å². The van der Waals surface area contributed by atoms with Crippen molar-refractivity contribution >= 4 is 5.97 Å². The van der Waals surface area contributed by atoms with Crippen molar-refractivity contribution in [2.75, 3.05) is 0 Å². The van der Waals surface area contributed by atoms with Crippen LogP contribution in [0.3, 0.4) is 0 Å². The minimum absolute atomic E-state index is 0.00679. The molecule has 2 rings (SSSR count). The van der Waals surface area contributed by atoms with Gasteiger partial charge in [-0.15, -0.1) is 0 Å². The average Bonchev–Trinajstić information content (AvgIpc) is 3.34. The van der Waals surface area contributed by atoms with E-state index in [1.165, 1.54) is 12.2 Å². The third-order valence-electron chi connectivity index (χ3n) is 8.74.